The van der Waals surface area contributed by atoms with Crippen molar-refractivity contribution in [3.05, 3.63) is 115 Å². The van der Waals surface area contributed by atoms with Crippen molar-refractivity contribution in [1.82, 2.24) is 10.3 Å². The molecule has 0 aliphatic heterocycles. The summed E-state index contributed by atoms with van der Waals surface area (Å²) in [5.41, 5.74) is 6.15. The summed E-state index contributed by atoms with van der Waals surface area (Å²) in [6, 6.07) is 29.9. The van der Waals surface area contributed by atoms with Crippen LogP contribution in [0.15, 0.2) is 103 Å². The third kappa shape index (κ3) is 4.15. The number of amides is 1. The second kappa shape index (κ2) is 8.31. The van der Waals surface area contributed by atoms with Crippen molar-refractivity contribution >= 4 is 5.91 Å². The molecule has 0 unspecified atom stereocenters. The molecule has 3 heteroatoms. The lowest BCUT2D eigenvalue weighted by Crippen LogP contribution is -2.22. The minimum Gasteiger partial charge on any atom is -0.348 e. The molecule has 0 atom stereocenters. The third-order valence-corrected chi connectivity index (χ3v) is 4.66. The molecule has 0 saturated heterocycles. The minimum absolute atomic E-state index is 0.0732. The maximum atomic E-state index is 12.4. The number of benzene rings is 3. The molecular weight excluding hydrogens is 344 g/mol. The first-order chi connectivity index (χ1) is 13.8. The highest BCUT2D eigenvalue weighted by molar-refractivity contribution is 5.94. The highest BCUT2D eigenvalue weighted by Gasteiger charge is 2.06. The van der Waals surface area contributed by atoms with Gasteiger partial charge >= 0.3 is 0 Å². The van der Waals surface area contributed by atoms with E-state index in [4.69, 9.17) is 0 Å². The van der Waals surface area contributed by atoms with Gasteiger partial charge < -0.3 is 5.32 Å². The number of carbonyl (C=O) groups excluding carboxylic acids is 1. The second-order valence-electron chi connectivity index (χ2n) is 6.56. The van der Waals surface area contributed by atoms with Gasteiger partial charge in [0.25, 0.3) is 5.91 Å². The highest BCUT2D eigenvalue weighted by atomic mass is 16.1. The SMILES string of the molecule is O=C(NCc1ccc(-c2cccnc2)cc1)c1ccc(-c2ccccc2)cc1. The predicted molar refractivity (Wildman–Crippen MR) is 113 cm³/mol. The maximum absolute atomic E-state index is 12.4. The molecule has 3 nitrogen and oxygen atoms in total. The van der Waals surface area contributed by atoms with Crippen LogP contribution in [-0.2, 0) is 6.54 Å². The zero-order valence-electron chi connectivity index (χ0n) is 15.4. The first kappa shape index (κ1) is 17.7. The van der Waals surface area contributed by atoms with Gasteiger partial charge in [-0.1, -0.05) is 72.8 Å². The third-order valence-electron chi connectivity index (χ3n) is 4.66. The van der Waals surface area contributed by atoms with Gasteiger partial charge in [-0.25, -0.2) is 0 Å². The molecule has 28 heavy (non-hydrogen) atoms. The minimum atomic E-state index is -0.0732. The summed E-state index contributed by atoms with van der Waals surface area (Å²) in [6.07, 6.45) is 3.61. The van der Waals surface area contributed by atoms with Gasteiger partial charge in [0.2, 0.25) is 0 Å². The van der Waals surface area contributed by atoms with E-state index in [1.54, 1.807) is 6.20 Å². The first-order valence-electron chi connectivity index (χ1n) is 9.23. The van der Waals surface area contributed by atoms with Crippen molar-refractivity contribution < 1.29 is 4.79 Å². The average molecular weight is 364 g/mol. The smallest absolute Gasteiger partial charge is 0.251 e. The Labute approximate surface area is 164 Å². The molecule has 3 aromatic carbocycles. The largest absolute Gasteiger partial charge is 0.348 e. The summed E-state index contributed by atoms with van der Waals surface area (Å²) in [5, 5.41) is 2.98. The van der Waals surface area contributed by atoms with E-state index in [-0.39, 0.29) is 5.91 Å². The van der Waals surface area contributed by atoms with Gasteiger partial charge in [0.15, 0.2) is 0 Å². The number of pyridine rings is 1. The molecule has 1 N–H and O–H groups in total. The van der Waals surface area contributed by atoms with Crippen molar-refractivity contribution in [2.24, 2.45) is 0 Å². The normalized spacial score (nSPS) is 10.4. The molecule has 0 aliphatic carbocycles. The van der Waals surface area contributed by atoms with E-state index in [1.807, 2.05) is 85.1 Å². The average Bonchev–Trinajstić information content (AvgIpc) is 2.79. The van der Waals surface area contributed by atoms with E-state index in [2.05, 4.69) is 22.4 Å². The van der Waals surface area contributed by atoms with Gasteiger partial charge in [-0.15, -0.1) is 0 Å². The Hall–Kier alpha value is -3.72. The standard InChI is InChI=1S/C25H20N2O/c28-25(23-14-12-21(13-15-23)20-5-2-1-3-6-20)27-17-19-8-10-22(11-9-19)24-7-4-16-26-18-24/h1-16,18H,17H2,(H,27,28). The fraction of sp³-hybridized carbons (Fsp3) is 0.0400. The van der Waals surface area contributed by atoms with Crippen LogP contribution < -0.4 is 5.32 Å². The number of hydrogen-bond acceptors (Lipinski definition) is 2. The van der Waals surface area contributed by atoms with Crippen molar-refractivity contribution in [1.29, 1.82) is 0 Å². The van der Waals surface area contributed by atoms with Gasteiger partial charge in [-0.3, -0.25) is 9.78 Å². The summed E-state index contributed by atoms with van der Waals surface area (Å²) >= 11 is 0. The van der Waals surface area contributed by atoms with E-state index in [0.717, 1.165) is 27.8 Å². The van der Waals surface area contributed by atoms with E-state index >= 15 is 0 Å². The molecule has 0 fully saturated rings. The fourth-order valence-corrected chi connectivity index (χ4v) is 3.08. The molecule has 0 aliphatic rings. The zero-order valence-corrected chi connectivity index (χ0v) is 15.4. The van der Waals surface area contributed by atoms with Crippen molar-refractivity contribution in [2.75, 3.05) is 0 Å². The number of nitrogens with one attached hydrogen (secondary N) is 1. The van der Waals surface area contributed by atoms with Gasteiger partial charge in [0, 0.05) is 24.5 Å². The van der Waals surface area contributed by atoms with E-state index < -0.39 is 0 Å². The van der Waals surface area contributed by atoms with Crippen molar-refractivity contribution in [2.45, 2.75) is 6.54 Å². The van der Waals surface area contributed by atoms with Crippen LogP contribution in [-0.4, -0.2) is 10.9 Å². The van der Waals surface area contributed by atoms with Crippen LogP contribution in [0.2, 0.25) is 0 Å². The quantitative estimate of drug-likeness (QED) is 0.519. The Morgan fingerprint density at radius 1 is 0.679 bits per heavy atom. The van der Waals surface area contributed by atoms with E-state index in [1.165, 1.54) is 0 Å². The molecule has 4 aromatic rings. The Morgan fingerprint density at radius 2 is 1.29 bits per heavy atom. The molecule has 1 heterocycles. The van der Waals surface area contributed by atoms with Crippen LogP contribution in [0, 0.1) is 0 Å². The lowest BCUT2D eigenvalue weighted by Gasteiger charge is -2.08. The van der Waals surface area contributed by atoms with Crippen LogP contribution in [0.1, 0.15) is 15.9 Å². The molecule has 0 bridgehead atoms. The van der Waals surface area contributed by atoms with Crippen LogP contribution in [0.4, 0.5) is 0 Å². The maximum Gasteiger partial charge on any atom is 0.251 e. The summed E-state index contributed by atoms with van der Waals surface area (Å²) in [5.74, 6) is -0.0732. The molecule has 4 rings (SSSR count). The van der Waals surface area contributed by atoms with Crippen molar-refractivity contribution in [3.8, 4) is 22.3 Å². The molecular formula is C25H20N2O. The summed E-state index contributed by atoms with van der Waals surface area (Å²) < 4.78 is 0. The Bertz CT molecular complexity index is 1040. The van der Waals surface area contributed by atoms with E-state index in [9.17, 15) is 4.79 Å². The Balaban J connectivity index is 1.38. The second-order valence-corrected chi connectivity index (χ2v) is 6.56. The molecule has 136 valence electrons. The summed E-state index contributed by atoms with van der Waals surface area (Å²) in [6.45, 7) is 0.493. The number of nitrogens with zero attached hydrogens (tertiary/aromatic N) is 1. The number of rotatable bonds is 5. The molecule has 0 spiro atoms. The summed E-state index contributed by atoms with van der Waals surface area (Å²) in [4.78, 5) is 16.6. The van der Waals surface area contributed by atoms with Gasteiger partial charge in [0.1, 0.15) is 0 Å². The van der Waals surface area contributed by atoms with Gasteiger partial charge in [-0.05, 0) is 46.0 Å². The zero-order chi connectivity index (χ0) is 19.2. The van der Waals surface area contributed by atoms with Crippen LogP contribution in [0.25, 0.3) is 22.3 Å². The van der Waals surface area contributed by atoms with Crippen molar-refractivity contribution in [3.63, 3.8) is 0 Å². The number of hydrogen-bond donors (Lipinski definition) is 1. The molecule has 1 amide bonds. The summed E-state index contributed by atoms with van der Waals surface area (Å²) in [7, 11) is 0. The monoisotopic (exact) mass is 364 g/mol. The number of aromatic nitrogens is 1. The molecule has 1 aromatic heterocycles. The Morgan fingerprint density at radius 3 is 1.96 bits per heavy atom. The van der Waals surface area contributed by atoms with E-state index in [0.29, 0.717) is 12.1 Å². The number of carbonyl (C=O) groups is 1. The highest BCUT2D eigenvalue weighted by Crippen LogP contribution is 2.20. The lowest BCUT2D eigenvalue weighted by atomic mass is 10.0. The van der Waals surface area contributed by atoms with Crippen LogP contribution in [0.5, 0.6) is 0 Å². The fourth-order valence-electron chi connectivity index (χ4n) is 3.08. The van der Waals surface area contributed by atoms with Gasteiger partial charge in [-0.2, -0.15) is 0 Å². The Kier molecular flexibility index (Phi) is 5.25. The van der Waals surface area contributed by atoms with Gasteiger partial charge in [0.05, 0.1) is 0 Å². The lowest BCUT2D eigenvalue weighted by molar-refractivity contribution is 0.0951. The molecule has 0 radical (unpaired) electrons. The first-order valence-corrected chi connectivity index (χ1v) is 9.23. The predicted octanol–water partition coefficient (Wildman–Crippen LogP) is 5.35. The topological polar surface area (TPSA) is 42.0 Å². The molecule has 0 saturated carbocycles. The van der Waals surface area contributed by atoms with Crippen LogP contribution in [0.3, 0.4) is 0 Å². The van der Waals surface area contributed by atoms with Crippen LogP contribution >= 0.6 is 0 Å².